The molecule has 1 aromatic heterocycles. The van der Waals surface area contributed by atoms with Gasteiger partial charge in [-0.05, 0) is 36.8 Å². The van der Waals surface area contributed by atoms with E-state index in [9.17, 15) is 9.59 Å². The SMILES string of the molecule is CC1Oc2ccc(CNC(=O)c3ccco3)cc2N(C)C1=O. The van der Waals surface area contributed by atoms with Gasteiger partial charge in [0.05, 0.1) is 12.0 Å². The van der Waals surface area contributed by atoms with E-state index in [-0.39, 0.29) is 17.6 Å². The molecule has 0 radical (unpaired) electrons. The molecule has 0 saturated carbocycles. The zero-order chi connectivity index (χ0) is 15.7. The van der Waals surface area contributed by atoms with Gasteiger partial charge in [0.25, 0.3) is 11.8 Å². The number of rotatable bonds is 3. The van der Waals surface area contributed by atoms with Crippen LogP contribution in [0.25, 0.3) is 0 Å². The second-order valence-electron chi connectivity index (χ2n) is 5.12. The molecular weight excluding hydrogens is 284 g/mol. The molecule has 0 saturated heterocycles. The minimum atomic E-state index is -0.484. The highest BCUT2D eigenvalue weighted by atomic mass is 16.5. The zero-order valence-electron chi connectivity index (χ0n) is 12.3. The third-order valence-corrected chi connectivity index (χ3v) is 3.56. The van der Waals surface area contributed by atoms with E-state index in [1.165, 1.54) is 6.26 Å². The quantitative estimate of drug-likeness (QED) is 0.940. The van der Waals surface area contributed by atoms with E-state index in [1.807, 2.05) is 18.2 Å². The maximum atomic E-state index is 11.9. The van der Waals surface area contributed by atoms with E-state index in [1.54, 1.807) is 31.0 Å². The van der Waals surface area contributed by atoms with Crippen LogP contribution in [0.3, 0.4) is 0 Å². The lowest BCUT2D eigenvalue weighted by atomic mass is 10.1. The van der Waals surface area contributed by atoms with Gasteiger partial charge in [-0.3, -0.25) is 9.59 Å². The number of carbonyl (C=O) groups is 2. The average Bonchev–Trinajstić information content (AvgIpc) is 3.05. The van der Waals surface area contributed by atoms with Gasteiger partial charge in [0.15, 0.2) is 11.9 Å². The summed E-state index contributed by atoms with van der Waals surface area (Å²) in [6.45, 7) is 2.06. The highest BCUT2D eigenvalue weighted by Gasteiger charge is 2.28. The topological polar surface area (TPSA) is 71.8 Å². The van der Waals surface area contributed by atoms with Gasteiger partial charge in [0.1, 0.15) is 5.75 Å². The molecule has 1 aromatic carbocycles. The molecule has 3 rings (SSSR count). The minimum Gasteiger partial charge on any atom is -0.479 e. The fourth-order valence-electron chi connectivity index (χ4n) is 2.34. The summed E-state index contributed by atoms with van der Waals surface area (Å²) in [4.78, 5) is 25.3. The van der Waals surface area contributed by atoms with Crippen molar-refractivity contribution in [2.75, 3.05) is 11.9 Å². The van der Waals surface area contributed by atoms with E-state index in [0.29, 0.717) is 18.0 Å². The number of ether oxygens (including phenoxy) is 1. The van der Waals surface area contributed by atoms with Crippen LogP contribution in [0.15, 0.2) is 41.0 Å². The lowest BCUT2D eigenvalue weighted by molar-refractivity contribution is -0.125. The van der Waals surface area contributed by atoms with E-state index in [4.69, 9.17) is 9.15 Å². The van der Waals surface area contributed by atoms with Crippen LogP contribution in [0.1, 0.15) is 23.0 Å². The lowest BCUT2D eigenvalue weighted by Crippen LogP contribution is -2.42. The maximum Gasteiger partial charge on any atom is 0.287 e. The Bertz CT molecular complexity index is 709. The van der Waals surface area contributed by atoms with Gasteiger partial charge in [0.2, 0.25) is 0 Å². The molecule has 6 nitrogen and oxygen atoms in total. The van der Waals surface area contributed by atoms with Crippen LogP contribution in [-0.2, 0) is 11.3 Å². The minimum absolute atomic E-state index is 0.0933. The smallest absolute Gasteiger partial charge is 0.287 e. The second kappa shape index (κ2) is 5.55. The van der Waals surface area contributed by atoms with Crippen LogP contribution >= 0.6 is 0 Å². The molecule has 114 valence electrons. The van der Waals surface area contributed by atoms with Gasteiger partial charge in [0, 0.05) is 13.6 Å². The molecule has 1 aliphatic heterocycles. The van der Waals surface area contributed by atoms with Crippen LogP contribution in [0.2, 0.25) is 0 Å². The zero-order valence-corrected chi connectivity index (χ0v) is 12.3. The van der Waals surface area contributed by atoms with E-state index >= 15 is 0 Å². The van der Waals surface area contributed by atoms with Crippen molar-refractivity contribution < 1.29 is 18.7 Å². The largest absolute Gasteiger partial charge is 0.479 e. The Labute approximate surface area is 127 Å². The summed E-state index contributed by atoms with van der Waals surface area (Å²) >= 11 is 0. The highest BCUT2D eigenvalue weighted by Crippen LogP contribution is 2.33. The first kappa shape index (κ1) is 14.2. The fourth-order valence-corrected chi connectivity index (χ4v) is 2.34. The number of amides is 2. The summed E-state index contributed by atoms with van der Waals surface area (Å²) in [5.74, 6) is 0.555. The Balaban J connectivity index is 1.74. The number of nitrogens with one attached hydrogen (secondary N) is 1. The van der Waals surface area contributed by atoms with Gasteiger partial charge in [-0.15, -0.1) is 0 Å². The molecular formula is C16H16N2O4. The molecule has 0 bridgehead atoms. The average molecular weight is 300 g/mol. The monoisotopic (exact) mass is 300 g/mol. The van der Waals surface area contributed by atoms with Crippen LogP contribution in [0, 0.1) is 0 Å². The predicted molar refractivity (Wildman–Crippen MR) is 79.8 cm³/mol. The van der Waals surface area contributed by atoms with Gasteiger partial charge in [-0.2, -0.15) is 0 Å². The standard InChI is InChI=1S/C16H16N2O4/c1-10-16(20)18(2)12-8-11(5-6-13(12)22-10)9-17-15(19)14-4-3-7-21-14/h3-8,10H,9H2,1-2H3,(H,17,19). The first-order valence-electron chi connectivity index (χ1n) is 6.95. The molecule has 2 aromatic rings. The summed E-state index contributed by atoms with van der Waals surface area (Å²) in [7, 11) is 1.71. The number of carbonyl (C=O) groups excluding carboxylic acids is 2. The molecule has 1 N–H and O–H groups in total. The molecule has 1 atom stereocenters. The molecule has 1 unspecified atom stereocenters. The lowest BCUT2D eigenvalue weighted by Gasteiger charge is -2.30. The maximum absolute atomic E-state index is 11.9. The first-order chi connectivity index (χ1) is 10.6. The van der Waals surface area contributed by atoms with Crippen LogP contribution in [0.5, 0.6) is 5.75 Å². The number of nitrogens with zero attached hydrogens (tertiary/aromatic N) is 1. The summed E-state index contributed by atoms with van der Waals surface area (Å²) < 4.78 is 10.6. The third kappa shape index (κ3) is 2.55. The van der Waals surface area contributed by atoms with E-state index < -0.39 is 6.10 Å². The Kier molecular flexibility index (Phi) is 3.58. The Morgan fingerprint density at radius 1 is 1.36 bits per heavy atom. The number of benzene rings is 1. The fraction of sp³-hybridized carbons (Fsp3) is 0.250. The molecule has 2 amide bonds. The van der Waals surface area contributed by atoms with Crippen LogP contribution in [0.4, 0.5) is 5.69 Å². The number of anilines is 1. The molecule has 0 fully saturated rings. The van der Waals surface area contributed by atoms with Crippen molar-refractivity contribution in [3.05, 3.63) is 47.9 Å². The van der Waals surface area contributed by atoms with Gasteiger partial charge in [-0.25, -0.2) is 0 Å². The van der Waals surface area contributed by atoms with Gasteiger partial charge >= 0.3 is 0 Å². The van der Waals surface area contributed by atoms with Gasteiger partial charge < -0.3 is 19.4 Å². The van der Waals surface area contributed by atoms with E-state index in [0.717, 1.165) is 5.56 Å². The van der Waals surface area contributed by atoms with Crippen molar-refractivity contribution in [3.63, 3.8) is 0 Å². The molecule has 22 heavy (non-hydrogen) atoms. The molecule has 1 aliphatic rings. The van der Waals surface area contributed by atoms with Crippen molar-refractivity contribution in [1.82, 2.24) is 5.32 Å². The number of hydrogen-bond donors (Lipinski definition) is 1. The number of fused-ring (bicyclic) bond motifs is 1. The van der Waals surface area contributed by atoms with Crippen molar-refractivity contribution >= 4 is 17.5 Å². The Morgan fingerprint density at radius 2 is 2.18 bits per heavy atom. The van der Waals surface area contributed by atoms with Crippen molar-refractivity contribution in [1.29, 1.82) is 0 Å². The number of likely N-dealkylation sites (N-methyl/N-ethyl adjacent to an activating group) is 1. The normalized spacial score (nSPS) is 16.9. The van der Waals surface area contributed by atoms with Crippen molar-refractivity contribution in [3.8, 4) is 5.75 Å². The number of hydrogen-bond acceptors (Lipinski definition) is 4. The molecule has 0 spiro atoms. The summed E-state index contributed by atoms with van der Waals surface area (Å²) in [5.41, 5.74) is 1.57. The summed E-state index contributed by atoms with van der Waals surface area (Å²) in [6.07, 6.45) is 0.967. The highest BCUT2D eigenvalue weighted by molar-refractivity contribution is 5.99. The third-order valence-electron chi connectivity index (χ3n) is 3.56. The van der Waals surface area contributed by atoms with Crippen molar-refractivity contribution in [2.45, 2.75) is 19.6 Å². The second-order valence-corrected chi connectivity index (χ2v) is 5.12. The van der Waals surface area contributed by atoms with Crippen LogP contribution < -0.4 is 15.0 Å². The summed E-state index contributed by atoms with van der Waals surface area (Å²) in [6, 6.07) is 8.76. The van der Waals surface area contributed by atoms with E-state index in [2.05, 4.69) is 5.32 Å². The first-order valence-corrected chi connectivity index (χ1v) is 6.95. The summed E-state index contributed by atoms with van der Waals surface area (Å²) in [5, 5.41) is 2.77. The molecule has 6 heteroatoms. The van der Waals surface area contributed by atoms with Gasteiger partial charge in [-0.1, -0.05) is 6.07 Å². The Morgan fingerprint density at radius 3 is 2.91 bits per heavy atom. The molecule has 2 heterocycles. The molecule has 0 aliphatic carbocycles. The van der Waals surface area contributed by atoms with Crippen molar-refractivity contribution in [2.24, 2.45) is 0 Å². The predicted octanol–water partition coefficient (Wildman–Crippen LogP) is 1.95. The van der Waals surface area contributed by atoms with Crippen LogP contribution in [-0.4, -0.2) is 25.0 Å². The number of furan rings is 1. The Hall–Kier alpha value is -2.76.